The van der Waals surface area contributed by atoms with Gasteiger partial charge in [0.1, 0.15) is 0 Å². The van der Waals surface area contributed by atoms with Gasteiger partial charge in [0.25, 0.3) is 0 Å². The van der Waals surface area contributed by atoms with E-state index in [9.17, 15) is 9.90 Å². The molecule has 1 amide bonds. The number of rotatable bonds is 3. The van der Waals surface area contributed by atoms with Gasteiger partial charge in [-0.05, 0) is 33.1 Å². The molecular weight excluding hydrogens is 182 g/mol. The molecule has 14 heavy (non-hydrogen) atoms. The van der Waals surface area contributed by atoms with Gasteiger partial charge in [-0.2, -0.15) is 0 Å². The number of amides is 1. The van der Waals surface area contributed by atoms with Crippen LogP contribution in [0.15, 0.2) is 0 Å². The standard InChI is InChI=1S/C10H19NO3/c1-3-14-10(13)11-6-4-5-9(11)7-8(2)12/h8-9,12H,3-7H2,1-2H3/t8-,9+/m1/s1. The van der Waals surface area contributed by atoms with Crippen LogP contribution in [-0.2, 0) is 4.74 Å². The van der Waals surface area contributed by atoms with Gasteiger partial charge >= 0.3 is 6.09 Å². The van der Waals surface area contributed by atoms with Gasteiger partial charge in [-0.3, -0.25) is 0 Å². The Kier molecular flexibility index (Phi) is 4.20. The van der Waals surface area contributed by atoms with Crippen LogP contribution in [0, 0.1) is 0 Å². The number of carbonyl (C=O) groups excluding carboxylic acids is 1. The van der Waals surface area contributed by atoms with E-state index in [0.29, 0.717) is 13.0 Å². The van der Waals surface area contributed by atoms with Gasteiger partial charge in [-0.15, -0.1) is 0 Å². The van der Waals surface area contributed by atoms with Gasteiger partial charge in [0.2, 0.25) is 0 Å². The number of nitrogens with zero attached hydrogens (tertiary/aromatic N) is 1. The molecule has 1 rings (SSSR count). The van der Waals surface area contributed by atoms with Crippen molar-refractivity contribution in [2.45, 2.75) is 45.3 Å². The number of aliphatic hydroxyl groups is 1. The van der Waals surface area contributed by atoms with Crippen molar-refractivity contribution in [1.29, 1.82) is 0 Å². The Bertz CT molecular complexity index is 194. The fourth-order valence-electron chi connectivity index (χ4n) is 1.92. The molecule has 1 aliphatic heterocycles. The summed E-state index contributed by atoms with van der Waals surface area (Å²) in [5.74, 6) is 0. The van der Waals surface area contributed by atoms with Crippen LogP contribution in [-0.4, -0.2) is 41.4 Å². The Hall–Kier alpha value is -0.770. The lowest BCUT2D eigenvalue weighted by atomic mass is 10.1. The molecule has 82 valence electrons. The highest BCUT2D eigenvalue weighted by Crippen LogP contribution is 2.22. The van der Waals surface area contributed by atoms with E-state index in [1.165, 1.54) is 0 Å². The first-order valence-corrected chi connectivity index (χ1v) is 5.26. The molecule has 1 saturated heterocycles. The predicted molar refractivity (Wildman–Crippen MR) is 53.0 cm³/mol. The molecule has 1 heterocycles. The Balaban J connectivity index is 2.46. The molecule has 0 aromatic carbocycles. The van der Waals surface area contributed by atoms with Crippen LogP contribution < -0.4 is 0 Å². The normalized spacial score (nSPS) is 23.6. The zero-order valence-electron chi connectivity index (χ0n) is 8.90. The van der Waals surface area contributed by atoms with Crippen molar-refractivity contribution >= 4 is 6.09 Å². The summed E-state index contributed by atoms with van der Waals surface area (Å²) in [6, 6.07) is 0.161. The fourth-order valence-corrected chi connectivity index (χ4v) is 1.92. The average Bonchev–Trinajstić information content (AvgIpc) is 2.51. The number of carbonyl (C=O) groups is 1. The Labute approximate surface area is 84.8 Å². The van der Waals surface area contributed by atoms with Gasteiger partial charge in [0, 0.05) is 12.6 Å². The molecule has 0 radical (unpaired) electrons. The summed E-state index contributed by atoms with van der Waals surface area (Å²) < 4.78 is 4.94. The summed E-state index contributed by atoms with van der Waals surface area (Å²) in [5.41, 5.74) is 0. The quantitative estimate of drug-likeness (QED) is 0.750. The molecule has 0 aromatic heterocycles. The second-order valence-corrected chi connectivity index (χ2v) is 3.77. The maximum atomic E-state index is 11.5. The maximum Gasteiger partial charge on any atom is 0.409 e. The van der Waals surface area contributed by atoms with E-state index in [-0.39, 0.29) is 18.2 Å². The molecule has 1 N–H and O–H groups in total. The highest BCUT2D eigenvalue weighted by Gasteiger charge is 2.30. The minimum absolute atomic E-state index is 0.161. The molecule has 0 spiro atoms. The van der Waals surface area contributed by atoms with E-state index in [4.69, 9.17) is 4.74 Å². The summed E-state index contributed by atoms with van der Waals surface area (Å²) in [5, 5.41) is 9.26. The molecule has 0 aromatic rings. The SMILES string of the molecule is CCOC(=O)N1CCC[C@H]1C[C@@H](C)O. The topological polar surface area (TPSA) is 49.8 Å². The number of hydrogen-bond donors (Lipinski definition) is 1. The first-order valence-electron chi connectivity index (χ1n) is 5.26. The van der Waals surface area contributed by atoms with Gasteiger partial charge < -0.3 is 14.7 Å². The monoisotopic (exact) mass is 201 g/mol. The molecule has 0 unspecified atom stereocenters. The third kappa shape index (κ3) is 2.87. The third-order valence-electron chi connectivity index (χ3n) is 2.49. The van der Waals surface area contributed by atoms with E-state index < -0.39 is 0 Å². The van der Waals surface area contributed by atoms with Gasteiger partial charge in [0.05, 0.1) is 12.7 Å². The van der Waals surface area contributed by atoms with E-state index in [1.54, 1.807) is 18.7 Å². The molecule has 4 heteroatoms. The molecule has 4 nitrogen and oxygen atoms in total. The Morgan fingerprint density at radius 3 is 3.00 bits per heavy atom. The average molecular weight is 201 g/mol. The number of aliphatic hydroxyl groups excluding tert-OH is 1. The minimum Gasteiger partial charge on any atom is -0.450 e. The minimum atomic E-state index is -0.352. The maximum absolute atomic E-state index is 11.5. The van der Waals surface area contributed by atoms with Crippen molar-refractivity contribution in [2.24, 2.45) is 0 Å². The zero-order chi connectivity index (χ0) is 10.6. The van der Waals surface area contributed by atoms with E-state index >= 15 is 0 Å². The second kappa shape index (κ2) is 5.20. The van der Waals surface area contributed by atoms with Crippen molar-refractivity contribution < 1.29 is 14.6 Å². The molecule has 2 atom stereocenters. The van der Waals surface area contributed by atoms with E-state index in [0.717, 1.165) is 19.4 Å². The van der Waals surface area contributed by atoms with Crippen molar-refractivity contribution in [1.82, 2.24) is 4.90 Å². The number of hydrogen-bond acceptors (Lipinski definition) is 3. The highest BCUT2D eigenvalue weighted by molar-refractivity contribution is 5.68. The predicted octanol–water partition coefficient (Wildman–Crippen LogP) is 1.38. The van der Waals surface area contributed by atoms with Crippen molar-refractivity contribution in [3.05, 3.63) is 0 Å². The first kappa shape index (κ1) is 11.3. The number of likely N-dealkylation sites (tertiary alicyclic amines) is 1. The van der Waals surface area contributed by atoms with Gasteiger partial charge in [0.15, 0.2) is 0 Å². The summed E-state index contributed by atoms with van der Waals surface area (Å²) >= 11 is 0. The van der Waals surface area contributed by atoms with Crippen LogP contribution in [0.5, 0.6) is 0 Å². The van der Waals surface area contributed by atoms with E-state index in [2.05, 4.69) is 0 Å². The highest BCUT2D eigenvalue weighted by atomic mass is 16.6. The van der Waals surface area contributed by atoms with Crippen LogP contribution in [0.4, 0.5) is 4.79 Å². The second-order valence-electron chi connectivity index (χ2n) is 3.77. The van der Waals surface area contributed by atoms with Crippen molar-refractivity contribution in [2.75, 3.05) is 13.2 Å². The van der Waals surface area contributed by atoms with Crippen LogP contribution in [0.1, 0.15) is 33.1 Å². The number of ether oxygens (including phenoxy) is 1. The molecule has 0 saturated carbocycles. The fraction of sp³-hybridized carbons (Fsp3) is 0.900. The van der Waals surface area contributed by atoms with Crippen LogP contribution in [0.3, 0.4) is 0 Å². The Morgan fingerprint density at radius 2 is 2.43 bits per heavy atom. The van der Waals surface area contributed by atoms with Crippen LogP contribution in [0.2, 0.25) is 0 Å². The van der Waals surface area contributed by atoms with Crippen LogP contribution in [0.25, 0.3) is 0 Å². The zero-order valence-corrected chi connectivity index (χ0v) is 8.90. The summed E-state index contributed by atoms with van der Waals surface area (Å²) in [6.45, 7) is 4.73. The van der Waals surface area contributed by atoms with Crippen molar-refractivity contribution in [3.8, 4) is 0 Å². The third-order valence-corrected chi connectivity index (χ3v) is 2.49. The van der Waals surface area contributed by atoms with Crippen LogP contribution >= 0.6 is 0 Å². The summed E-state index contributed by atoms with van der Waals surface area (Å²) in [7, 11) is 0. The largest absolute Gasteiger partial charge is 0.450 e. The molecule has 0 bridgehead atoms. The van der Waals surface area contributed by atoms with Gasteiger partial charge in [-0.1, -0.05) is 0 Å². The lowest BCUT2D eigenvalue weighted by Gasteiger charge is -2.24. The summed E-state index contributed by atoms with van der Waals surface area (Å²) in [6.07, 6.45) is 2.05. The lowest BCUT2D eigenvalue weighted by Crippen LogP contribution is -2.37. The molecule has 1 fully saturated rings. The lowest BCUT2D eigenvalue weighted by molar-refractivity contribution is 0.0879. The molecular formula is C10H19NO3. The smallest absolute Gasteiger partial charge is 0.409 e. The summed E-state index contributed by atoms with van der Waals surface area (Å²) in [4.78, 5) is 13.2. The van der Waals surface area contributed by atoms with Crippen molar-refractivity contribution in [3.63, 3.8) is 0 Å². The van der Waals surface area contributed by atoms with E-state index in [1.807, 2.05) is 0 Å². The first-order chi connectivity index (χ1) is 6.65. The Morgan fingerprint density at radius 1 is 1.71 bits per heavy atom. The molecule has 0 aliphatic carbocycles. The van der Waals surface area contributed by atoms with Gasteiger partial charge in [-0.25, -0.2) is 4.79 Å². The molecule has 1 aliphatic rings.